The Bertz CT molecular complexity index is 799. The molecule has 1 aromatic carbocycles. The maximum atomic E-state index is 13.0. The Hall–Kier alpha value is -1.96. The predicted molar refractivity (Wildman–Crippen MR) is 111 cm³/mol. The molecule has 3 amide bonds. The van der Waals surface area contributed by atoms with E-state index in [0.717, 1.165) is 25.9 Å². The second-order valence-corrected chi connectivity index (χ2v) is 8.68. The molecule has 1 atom stereocenters. The Labute approximate surface area is 175 Å². The SMILES string of the molecule is NC(=O)C1(N2CCCCC2)CCN(C2CC(=O)N(c3ccc(Cl)cc3)C2=O)CC1. The molecular weight excluding hydrogens is 392 g/mol. The van der Waals surface area contributed by atoms with Crippen molar-refractivity contribution in [3.8, 4) is 0 Å². The number of rotatable bonds is 4. The molecule has 1 aromatic rings. The summed E-state index contributed by atoms with van der Waals surface area (Å²) in [6.45, 7) is 2.96. The number of amides is 3. The van der Waals surface area contributed by atoms with Crippen molar-refractivity contribution in [2.24, 2.45) is 5.73 Å². The molecule has 3 saturated heterocycles. The highest BCUT2D eigenvalue weighted by molar-refractivity contribution is 6.30. The Balaban J connectivity index is 1.47. The van der Waals surface area contributed by atoms with E-state index in [1.54, 1.807) is 24.3 Å². The molecule has 0 spiro atoms. The molecule has 3 aliphatic rings. The van der Waals surface area contributed by atoms with Gasteiger partial charge in [0.05, 0.1) is 18.2 Å². The molecule has 0 aliphatic carbocycles. The molecule has 2 N–H and O–H groups in total. The van der Waals surface area contributed by atoms with E-state index in [4.69, 9.17) is 17.3 Å². The van der Waals surface area contributed by atoms with Crippen LogP contribution in [0.5, 0.6) is 0 Å². The maximum Gasteiger partial charge on any atom is 0.251 e. The summed E-state index contributed by atoms with van der Waals surface area (Å²) >= 11 is 5.92. The van der Waals surface area contributed by atoms with Gasteiger partial charge >= 0.3 is 0 Å². The van der Waals surface area contributed by atoms with Crippen molar-refractivity contribution < 1.29 is 14.4 Å². The van der Waals surface area contributed by atoms with Crippen LogP contribution in [0.2, 0.25) is 5.02 Å². The van der Waals surface area contributed by atoms with Gasteiger partial charge in [0, 0.05) is 18.1 Å². The van der Waals surface area contributed by atoms with Gasteiger partial charge in [0.2, 0.25) is 11.8 Å². The third kappa shape index (κ3) is 3.67. The maximum absolute atomic E-state index is 13.0. The highest BCUT2D eigenvalue weighted by Crippen LogP contribution is 2.34. The van der Waals surface area contributed by atoms with Crippen molar-refractivity contribution in [3.63, 3.8) is 0 Å². The quantitative estimate of drug-likeness (QED) is 0.753. The van der Waals surface area contributed by atoms with Gasteiger partial charge in [-0.25, -0.2) is 4.90 Å². The fraction of sp³-hybridized carbons (Fsp3) is 0.571. The summed E-state index contributed by atoms with van der Waals surface area (Å²) in [5.74, 6) is -0.678. The molecule has 1 unspecified atom stereocenters. The molecule has 3 heterocycles. The molecule has 3 aliphatic heterocycles. The zero-order chi connectivity index (χ0) is 20.6. The van der Waals surface area contributed by atoms with Crippen molar-refractivity contribution >= 4 is 35.0 Å². The average Bonchev–Trinajstić information content (AvgIpc) is 3.03. The number of hydrogen-bond acceptors (Lipinski definition) is 5. The van der Waals surface area contributed by atoms with Crippen LogP contribution in [-0.2, 0) is 14.4 Å². The molecule has 0 aromatic heterocycles. The predicted octanol–water partition coefficient (Wildman–Crippen LogP) is 1.78. The van der Waals surface area contributed by atoms with E-state index in [1.165, 1.54) is 11.3 Å². The van der Waals surface area contributed by atoms with Crippen molar-refractivity contribution in [1.82, 2.24) is 9.80 Å². The number of nitrogens with zero attached hydrogens (tertiary/aromatic N) is 3. The number of benzene rings is 1. The number of carbonyl (C=O) groups is 3. The second-order valence-electron chi connectivity index (χ2n) is 8.24. The Kier molecular flexibility index (Phi) is 5.64. The number of piperidine rings is 2. The molecule has 0 bridgehead atoms. The van der Waals surface area contributed by atoms with Crippen LogP contribution in [0.3, 0.4) is 0 Å². The topological polar surface area (TPSA) is 87.0 Å². The summed E-state index contributed by atoms with van der Waals surface area (Å²) < 4.78 is 0. The van der Waals surface area contributed by atoms with Crippen LogP contribution >= 0.6 is 11.6 Å². The lowest BCUT2D eigenvalue weighted by molar-refractivity contribution is -0.136. The summed E-state index contributed by atoms with van der Waals surface area (Å²) in [5.41, 5.74) is 5.77. The van der Waals surface area contributed by atoms with Crippen LogP contribution in [0.25, 0.3) is 0 Å². The average molecular weight is 419 g/mol. The van der Waals surface area contributed by atoms with Gasteiger partial charge in [-0.05, 0) is 63.0 Å². The fourth-order valence-electron chi connectivity index (χ4n) is 5.01. The van der Waals surface area contributed by atoms with E-state index in [0.29, 0.717) is 36.6 Å². The van der Waals surface area contributed by atoms with Gasteiger partial charge in [-0.1, -0.05) is 18.0 Å². The molecule has 3 fully saturated rings. The van der Waals surface area contributed by atoms with Crippen LogP contribution in [0, 0.1) is 0 Å². The summed E-state index contributed by atoms with van der Waals surface area (Å²) in [6, 6.07) is 6.23. The monoisotopic (exact) mass is 418 g/mol. The number of nitrogens with two attached hydrogens (primary N) is 1. The third-order valence-electron chi connectivity index (χ3n) is 6.69. The number of likely N-dealkylation sites (tertiary alicyclic amines) is 2. The van der Waals surface area contributed by atoms with Crippen molar-refractivity contribution in [2.45, 2.75) is 50.1 Å². The standard InChI is InChI=1S/C21H27ClN4O3/c22-15-4-6-16(7-5-15)26-18(27)14-17(19(26)28)24-12-8-21(9-13-24,20(23)29)25-10-2-1-3-11-25/h4-7,17H,1-3,8-14H2,(H2,23,29). The fourth-order valence-corrected chi connectivity index (χ4v) is 5.13. The number of hydrogen-bond donors (Lipinski definition) is 1. The highest BCUT2D eigenvalue weighted by atomic mass is 35.5. The van der Waals surface area contributed by atoms with Gasteiger partial charge in [-0.3, -0.25) is 24.2 Å². The lowest BCUT2D eigenvalue weighted by Crippen LogP contribution is -2.64. The largest absolute Gasteiger partial charge is 0.368 e. The van der Waals surface area contributed by atoms with E-state index in [9.17, 15) is 14.4 Å². The van der Waals surface area contributed by atoms with Crippen LogP contribution in [0.15, 0.2) is 24.3 Å². The number of carbonyl (C=O) groups excluding carboxylic acids is 3. The normalized spacial score (nSPS) is 26.1. The minimum atomic E-state index is -0.627. The minimum Gasteiger partial charge on any atom is -0.368 e. The molecule has 8 heteroatoms. The number of anilines is 1. The lowest BCUT2D eigenvalue weighted by atomic mass is 9.83. The Morgan fingerprint density at radius 3 is 2.21 bits per heavy atom. The van der Waals surface area contributed by atoms with E-state index in [-0.39, 0.29) is 24.1 Å². The summed E-state index contributed by atoms with van der Waals surface area (Å²) in [6.07, 6.45) is 4.72. The van der Waals surface area contributed by atoms with Gasteiger partial charge in [0.25, 0.3) is 5.91 Å². The summed E-state index contributed by atoms with van der Waals surface area (Å²) in [7, 11) is 0. The molecule has 0 radical (unpaired) electrons. The molecule has 7 nitrogen and oxygen atoms in total. The van der Waals surface area contributed by atoms with Gasteiger partial charge < -0.3 is 5.73 Å². The molecular formula is C21H27ClN4O3. The Morgan fingerprint density at radius 1 is 1.00 bits per heavy atom. The van der Waals surface area contributed by atoms with Crippen molar-refractivity contribution in [2.75, 3.05) is 31.1 Å². The second kappa shape index (κ2) is 8.05. The minimum absolute atomic E-state index is 0.161. The summed E-state index contributed by atoms with van der Waals surface area (Å²) in [4.78, 5) is 43.5. The van der Waals surface area contributed by atoms with E-state index < -0.39 is 11.6 Å². The number of primary amides is 1. The highest BCUT2D eigenvalue weighted by Gasteiger charge is 2.49. The number of halogens is 1. The smallest absolute Gasteiger partial charge is 0.251 e. The van der Waals surface area contributed by atoms with Crippen molar-refractivity contribution in [3.05, 3.63) is 29.3 Å². The molecule has 29 heavy (non-hydrogen) atoms. The Morgan fingerprint density at radius 2 is 1.62 bits per heavy atom. The van der Waals surface area contributed by atoms with Crippen LogP contribution in [0.1, 0.15) is 38.5 Å². The van der Waals surface area contributed by atoms with Crippen LogP contribution < -0.4 is 10.6 Å². The third-order valence-corrected chi connectivity index (χ3v) is 6.95. The van der Waals surface area contributed by atoms with Gasteiger partial charge in [0.15, 0.2) is 0 Å². The first kappa shape index (κ1) is 20.3. The zero-order valence-electron chi connectivity index (χ0n) is 16.5. The first-order valence-electron chi connectivity index (χ1n) is 10.3. The van der Waals surface area contributed by atoms with Crippen LogP contribution in [0.4, 0.5) is 5.69 Å². The first-order valence-corrected chi connectivity index (χ1v) is 10.7. The first-order chi connectivity index (χ1) is 13.9. The van der Waals surface area contributed by atoms with Gasteiger partial charge in [-0.15, -0.1) is 0 Å². The lowest BCUT2D eigenvalue weighted by Gasteiger charge is -2.48. The van der Waals surface area contributed by atoms with Gasteiger partial charge in [0.1, 0.15) is 5.54 Å². The van der Waals surface area contributed by atoms with E-state index in [2.05, 4.69) is 4.90 Å². The number of imide groups is 1. The van der Waals surface area contributed by atoms with Crippen LogP contribution in [-0.4, -0.2) is 65.3 Å². The van der Waals surface area contributed by atoms with Gasteiger partial charge in [-0.2, -0.15) is 0 Å². The molecule has 156 valence electrons. The molecule has 4 rings (SSSR count). The van der Waals surface area contributed by atoms with E-state index >= 15 is 0 Å². The zero-order valence-corrected chi connectivity index (χ0v) is 17.2. The van der Waals surface area contributed by atoms with E-state index in [1.807, 2.05) is 4.90 Å². The van der Waals surface area contributed by atoms with Crippen molar-refractivity contribution in [1.29, 1.82) is 0 Å². The summed E-state index contributed by atoms with van der Waals surface area (Å²) in [5, 5.41) is 0.556. The molecule has 0 saturated carbocycles.